The van der Waals surface area contributed by atoms with Gasteiger partial charge in [0.15, 0.2) is 0 Å². The second-order valence-corrected chi connectivity index (χ2v) is 14.4. The largest absolute Gasteiger partial charge is 0.355 e. The lowest BCUT2D eigenvalue weighted by Gasteiger charge is -2.21. The second-order valence-electron chi connectivity index (χ2n) is 10.4. The molecule has 0 aromatic carbocycles. The molecule has 0 heterocycles. The van der Waals surface area contributed by atoms with Crippen LogP contribution < -0.4 is 10.6 Å². The summed E-state index contributed by atoms with van der Waals surface area (Å²) < 4.78 is -0.888. The van der Waals surface area contributed by atoms with Crippen molar-refractivity contribution in [1.29, 1.82) is 0 Å². The van der Waals surface area contributed by atoms with Crippen LogP contribution in [0.3, 0.4) is 0 Å². The molecule has 4 nitrogen and oxygen atoms in total. The Bertz CT molecular complexity index is 645. The number of rotatable bonds is 6. The van der Waals surface area contributed by atoms with Crippen molar-refractivity contribution < 1.29 is 9.59 Å². The molecule has 2 N–H and O–H groups in total. The number of allylic oxidation sites excluding steroid dienone is 4. The van der Waals surface area contributed by atoms with Crippen molar-refractivity contribution in [1.82, 2.24) is 10.6 Å². The lowest BCUT2D eigenvalue weighted by atomic mass is 9.93. The summed E-state index contributed by atoms with van der Waals surface area (Å²) in [5.74, 6) is 4.52. The third kappa shape index (κ3) is 6.21. The Hall–Kier alpha value is -0.620. The van der Waals surface area contributed by atoms with E-state index in [0.717, 1.165) is 24.9 Å². The van der Waals surface area contributed by atoms with Gasteiger partial charge in [-0.05, 0) is 88.9 Å². The van der Waals surface area contributed by atoms with Crippen molar-refractivity contribution in [2.45, 2.75) is 62.0 Å². The third-order valence-electron chi connectivity index (χ3n) is 6.96. The maximum atomic E-state index is 11.7. The van der Waals surface area contributed by atoms with E-state index in [9.17, 15) is 9.59 Å². The van der Waals surface area contributed by atoms with Gasteiger partial charge in [-0.15, -0.1) is 0 Å². The molecule has 4 aliphatic rings. The normalized spacial score (nSPS) is 33.4. The second kappa shape index (κ2) is 9.48. The fraction of sp³-hybridized carbons (Fsp3) is 0.750. The maximum absolute atomic E-state index is 11.7. The zero-order valence-corrected chi connectivity index (χ0v) is 21.8. The predicted molar refractivity (Wildman–Crippen MR) is 130 cm³/mol. The molecule has 6 heteroatoms. The maximum Gasteiger partial charge on any atom is 0.236 e. The van der Waals surface area contributed by atoms with Crippen molar-refractivity contribution in [3.8, 4) is 0 Å². The highest BCUT2D eigenvalue weighted by Crippen LogP contribution is 2.43. The van der Waals surface area contributed by atoms with Crippen molar-refractivity contribution in [3.05, 3.63) is 24.3 Å². The lowest BCUT2D eigenvalue weighted by molar-refractivity contribution is -0.123. The molecule has 0 radical (unpaired) electrons. The van der Waals surface area contributed by atoms with E-state index in [1.54, 1.807) is 0 Å². The van der Waals surface area contributed by atoms with E-state index in [2.05, 4.69) is 66.8 Å². The molecule has 6 atom stereocenters. The van der Waals surface area contributed by atoms with E-state index >= 15 is 0 Å². The Kier molecular flexibility index (Phi) is 7.59. The quantitative estimate of drug-likeness (QED) is 0.367. The number of carbonyl (C=O) groups excluding carboxylic acids is 2. The molecule has 6 unspecified atom stereocenters. The third-order valence-corrected chi connectivity index (χ3v) is 7.68. The zero-order valence-electron chi connectivity index (χ0n) is 18.6. The van der Waals surface area contributed by atoms with Crippen LogP contribution in [0.4, 0.5) is 0 Å². The Morgan fingerprint density at radius 2 is 1.10 bits per heavy atom. The van der Waals surface area contributed by atoms with Crippen LogP contribution in [0.1, 0.15) is 53.4 Å². The summed E-state index contributed by atoms with van der Waals surface area (Å²) in [6, 6.07) is 0. The van der Waals surface area contributed by atoms with Gasteiger partial charge in [-0.25, -0.2) is 0 Å². The Balaban J connectivity index is 0.000000171. The summed E-state index contributed by atoms with van der Waals surface area (Å²) in [5.41, 5.74) is 0. The fourth-order valence-corrected chi connectivity index (χ4v) is 5.41. The van der Waals surface area contributed by atoms with Crippen LogP contribution in [-0.4, -0.2) is 33.6 Å². The van der Waals surface area contributed by atoms with Crippen LogP contribution in [0.5, 0.6) is 0 Å². The van der Waals surface area contributed by atoms with Gasteiger partial charge in [-0.1, -0.05) is 56.2 Å². The van der Waals surface area contributed by atoms with Gasteiger partial charge in [0.2, 0.25) is 11.8 Å². The van der Waals surface area contributed by atoms with Crippen LogP contribution in [-0.2, 0) is 9.59 Å². The van der Waals surface area contributed by atoms with Crippen molar-refractivity contribution in [3.63, 3.8) is 0 Å². The van der Waals surface area contributed by atoms with Gasteiger partial charge < -0.3 is 10.6 Å². The van der Waals surface area contributed by atoms with Crippen LogP contribution in [0.15, 0.2) is 24.3 Å². The highest BCUT2D eigenvalue weighted by Gasteiger charge is 2.37. The van der Waals surface area contributed by atoms with Gasteiger partial charge in [0.25, 0.3) is 0 Å². The number of carbonyl (C=O) groups is 2. The van der Waals surface area contributed by atoms with Crippen molar-refractivity contribution in [2.75, 3.05) is 13.1 Å². The highest BCUT2D eigenvalue weighted by atomic mass is 79.9. The van der Waals surface area contributed by atoms with Gasteiger partial charge in [0.05, 0.1) is 8.65 Å². The number of hydrogen-bond donors (Lipinski definition) is 2. The highest BCUT2D eigenvalue weighted by molar-refractivity contribution is 9.10. The smallest absolute Gasteiger partial charge is 0.236 e. The molecule has 2 saturated carbocycles. The van der Waals surface area contributed by atoms with Gasteiger partial charge in [-0.2, -0.15) is 0 Å². The first-order valence-corrected chi connectivity index (χ1v) is 12.8. The summed E-state index contributed by atoms with van der Waals surface area (Å²) in [7, 11) is 0. The van der Waals surface area contributed by atoms with Gasteiger partial charge >= 0.3 is 0 Å². The minimum absolute atomic E-state index is 0.0919. The first-order chi connectivity index (χ1) is 13.9. The van der Waals surface area contributed by atoms with E-state index in [1.165, 1.54) is 25.7 Å². The fourth-order valence-electron chi connectivity index (χ4n) is 5.13. The number of amides is 2. The van der Waals surface area contributed by atoms with Crippen LogP contribution in [0, 0.1) is 35.5 Å². The molecule has 30 heavy (non-hydrogen) atoms. The van der Waals surface area contributed by atoms with Gasteiger partial charge in [0, 0.05) is 13.1 Å². The summed E-state index contributed by atoms with van der Waals surface area (Å²) in [6.07, 6.45) is 14.4. The zero-order chi connectivity index (χ0) is 22.1. The summed E-state index contributed by atoms with van der Waals surface area (Å²) in [5, 5.41) is 6.06. The van der Waals surface area contributed by atoms with Crippen LogP contribution >= 0.6 is 31.9 Å². The molecule has 4 aliphatic carbocycles. The van der Waals surface area contributed by atoms with Crippen LogP contribution in [0.2, 0.25) is 0 Å². The molecule has 0 spiro atoms. The Morgan fingerprint density at radius 1 is 0.733 bits per heavy atom. The molecule has 0 aromatic heterocycles. The van der Waals surface area contributed by atoms with E-state index < -0.39 is 8.65 Å². The standard InChI is InChI=1S/2C12H18BrNO/c2*1-12(2,13)11(15)14-7-10-6-8-3-4-9(10)5-8/h2*3-4,8-10H,5-7H2,1-2H3,(H,14,15). The summed E-state index contributed by atoms with van der Waals surface area (Å²) >= 11 is 6.74. The summed E-state index contributed by atoms with van der Waals surface area (Å²) in [6.45, 7) is 9.18. The van der Waals surface area contributed by atoms with E-state index in [4.69, 9.17) is 0 Å². The Morgan fingerprint density at radius 3 is 1.33 bits per heavy atom. The molecule has 0 aliphatic heterocycles. The van der Waals surface area contributed by atoms with Crippen LogP contribution in [0.25, 0.3) is 0 Å². The van der Waals surface area contributed by atoms with E-state index in [0.29, 0.717) is 23.7 Å². The average molecular weight is 544 g/mol. The molecule has 2 fully saturated rings. The topological polar surface area (TPSA) is 58.2 Å². The number of fused-ring (bicyclic) bond motifs is 4. The van der Waals surface area contributed by atoms with Crippen molar-refractivity contribution in [2.24, 2.45) is 35.5 Å². The molecule has 168 valence electrons. The molecular formula is C24H36Br2N2O2. The molecule has 2 amide bonds. The van der Waals surface area contributed by atoms with Crippen molar-refractivity contribution >= 4 is 43.7 Å². The number of nitrogens with one attached hydrogen (secondary N) is 2. The molecule has 0 aromatic rings. The molecular weight excluding hydrogens is 508 g/mol. The minimum atomic E-state index is -0.444. The Labute approximate surface area is 198 Å². The average Bonchev–Trinajstić information content (AvgIpc) is 3.44. The monoisotopic (exact) mass is 542 g/mol. The minimum Gasteiger partial charge on any atom is -0.355 e. The summed E-state index contributed by atoms with van der Waals surface area (Å²) in [4.78, 5) is 23.3. The molecule has 0 saturated heterocycles. The molecule has 4 rings (SSSR count). The lowest BCUT2D eigenvalue weighted by Crippen LogP contribution is -2.40. The SMILES string of the molecule is CC(C)(Br)C(=O)NCC1CC2C=CC1C2.CC(C)(Br)C(=O)NCC1CC2C=CC1C2. The van der Waals surface area contributed by atoms with E-state index in [-0.39, 0.29) is 11.8 Å². The number of halogens is 2. The van der Waals surface area contributed by atoms with E-state index in [1.807, 2.05) is 27.7 Å². The number of alkyl halides is 2. The number of hydrogen-bond acceptors (Lipinski definition) is 2. The van der Waals surface area contributed by atoms with Gasteiger partial charge in [-0.3, -0.25) is 9.59 Å². The molecule has 4 bridgehead atoms. The first-order valence-electron chi connectivity index (χ1n) is 11.2. The van der Waals surface area contributed by atoms with Gasteiger partial charge in [0.1, 0.15) is 0 Å². The predicted octanol–water partition coefficient (Wildman–Crippen LogP) is 4.98. The first kappa shape index (κ1) is 24.0.